The molecule has 0 saturated carbocycles. The molecule has 0 fully saturated rings. The summed E-state index contributed by atoms with van der Waals surface area (Å²) in [6, 6.07) is 38.8. The second kappa shape index (κ2) is 12.4. The molecule has 202 valence electrons. The maximum atomic E-state index is 2.64. The van der Waals surface area contributed by atoms with Gasteiger partial charge in [-0.2, -0.15) is 0 Å². The van der Waals surface area contributed by atoms with Gasteiger partial charge in [-0.25, -0.2) is 0 Å². The van der Waals surface area contributed by atoms with E-state index in [1.807, 2.05) is 0 Å². The zero-order valence-electron chi connectivity index (χ0n) is 23.9. The Morgan fingerprint density at radius 1 is 0.700 bits per heavy atom. The van der Waals surface area contributed by atoms with E-state index in [9.17, 15) is 0 Å². The molecular weight excluding hydrogens is 623 g/mol. The van der Waals surface area contributed by atoms with Gasteiger partial charge < -0.3 is 24.8 Å². The number of rotatable bonds is 5. The second-order valence-corrected chi connectivity index (χ2v) is 22.6. The Bertz CT molecular complexity index is 1590. The zero-order valence-corrected chi connectivity index (χ0v) is 28.9. The average Bonchev–Trinajstić information content (AvgIpc) is 3.45. The van der Waals surface area contributed by atoms with Gasteiger partial charge in [-0.1, -0.05) is 0 Å². The summed E-state index contributed by atoms with van der Waals surface area (Å²) in [5.41, 5.74) is 10.4. The number of hydrogen-bond donors (Lipinski definition) is 0. The van der Waals surface area contributed by atoms with Gasteiger partial charge >= 0.3 is 238 Å². The van der Waals surface area contributed by atoms with E-state index in [4.69, 9.17) is 0 Å². The SMILES string of the molecule is CC1=[C]([Zr+2](=[C](c2ccccc2)c2ccccc2)[c]2cccc3c2Cc2ccccc2-3)C(C)C=C1[Si](C)(C)C.[Cl-].[Cl-]. The van der Waals surface area contributed by atoms with E-state index >= 15 is 0 Å². The number of fused-ring (bicyclic) bond motifs is 3. The van der Waals surface area contributed by atoms with Crippen molar-refractivity contribution in [2.45, 2.75) is 39.9 Å². The van der Waals surface area contributed by atoms with Crippen LogP contribution < -0.4 is 28.1 Å². The largest absolute Gasteiger partial charge is 1.00 e. The first kappa shape index (κ1) is 30.9. The molecular formula is C36H36Cl2SiZr. The minimum Gasteiger partial charge on any atom is -1.00 e. The van der Waals surface area contributed by atoms with Crippen molar-refractivity contribution in [1.82, 2.24) is 0 Å². The Balaban J connectivity index is 0.00000185. The molecule has 0 amide bonds. The molecule has 0 saturated heterocycles. The van der Waals surface area contributed by atoms with Gasteiger partial charge in [0.2, 0.25) is 0 Å². The first-order valence-electron chi connectivity index (χ1n) is 13.8. The molecule has 0 heterocycles. The third kappa shape index (κ3) is 5.54. The fourth-order valence-corrected chi connectivity index (χ4v) is 17.7. The minimum atomic E-state index is -2.69. The Labute approximate surface area is 261 Å². The van der Waals surface area contributed by atoms with Gasteiger partial charge in [-0.3, -0.25) is 0 Å². The summed E-state index contributed by atoms with van der Waals surface area (Å²) in [6.45, 7) is 12.5. The van der Waals surface area contributed by atoms with Crippen molar-refractivity contribution >= 4 is 14.6 Å². The van der Waals surface area contributed by atoms with Gasteiger partial charge in [-0.15, -0.1) is 0 Å². The summed E-state index contributed by atoms with van der Waals surface area (Å²) in [6.07, 6.45) is 3.70. The molecule has 1 atom stereocenters. The summed E-state index contributed by atoms with van der Waals surface area (Å²) in [5.74, 6) is 0.494. The molecule has 0 radical (unpaired) electrons. The maximum absolute atomic E-state index is 2.69. The third-order valence-electron chi connectivity index (χ3n) is 8.25. The second-order valence-electron chi connectivity index (χ2n) is 11.8. The summed E-state index contributed by atoms with van der Waals surface area (Å²) in [5, 5.41) is 1.68. The van der Waals surface area contributed by atoms with E-state index in [1.165, 1.54) is 27.8 Å². The molecule has 1 unspecified atom stereocenters. The van der Waals surface area contributed by atoms with E-state index in [2.05, 4.69) is 143 Å². The minimum absolute atomic E-state index is 0. The van der Waals surface area contributed by atoms with Crippen LogP contribution in [0.5, 0.6) is 0 Å². The molecule has 2 aliphatic rings. The fraction of sp³-hybridized carbons (Fsp3) is 0.194. The van der Waals surface area contributed by atoms with Crippen molar-refractivity contribution in [3.8, 4) is 11.1 Å². The Morgan fingerprint density at radius 3 is 1.82 bits per heavy atom. The first-order valence-corrected chi connectivity index (χ1v) is 21.0. The molecule has 0 bridgehead atoms. The van der Waals surface area contributed by atoms with Crippen LogP contribution in [0.15, 0.2) is 123 Å². The third-order valence-corrected chi connectivity index (χ3v) is 18.9. The van der Waals surface area contributed by atoms with Crippen molar-refractivity contribution < 1.29 is 46.1 Å². The van der Waals surface area contributed by atoms with Crippen molar-refractivity contribution in [1.29, 1.82) is 0 Å². The maximum Gasteiger partial charge on any atom is -1.00 e. The molecule has 0 spiro atoms. The number of hydrogen-bond acceptors (Lipinski definition) is 0. The number of halogens is 2. The van der Waals surface area contributed by atoms with Crippen LogP contribution in [0.1, 0.15) is 36.1 Å². The van der Waals surface area contributed by atoms with Gasteiger partial charge in [0.15, 0.2) is 0 Å². The van der Waals surface area contributed by atoms with Crippen LogP contribution in [0.25, 0.3) is 11.1 Å². The Morgan fingerprint density at radius 2 is 1.25 bits per heavy atom. The Kier molecular flexibility index (Phi) is 9.58. The van der Waals surface area contributed by atoms with Crippen LogP contribution in [0.2, 0.25) is 19.6 Å². The molecule has 0 N–H and O–H groups in total. The number of allylic oxidation sites excluding steroid dienone is 4. The monoisotopic (exact) mass is 656 g/mol. The van der Waals surface area contributed by atoms with Gasteiger partial charge in [-0.05, 0) is 0 Å². The van der Waals surface area contributed by atoms with Crippen LogP contribution in [-0.2, 0) is 27.7 Å². The molecule has 0 aromatic heterocycles. The smallest absolute Gasteiger partial charge is 1.00 e. The normalized spacial score (nSPS) is 15.2. The topological polar surface area (TPSA) is 0 Å². The van der Waals surface area contributed by atoms with Gasteiger partial charge in [0, 0.05) is 0 Å². The molecule has 4 heteroatoms. The van der Waals surface area contributed by atoms with E-state index in [1.54, 1.807) is 26.1 Å². The average molecular weight is 659 g/mol. The van der Waals surface area contributed by atoms with Crippen LogP contribution in [0.4, 0.5) is 0 Å². The summed E-state index contributed by atoms with van der Waals surface area (Å²) < 4.78 is 5.05. The molecule has 2 aliphatic carbocycles. The van der Waals surface area contributed by atoms with E-state index in [0.717, 1.165) is 6.42 Å². The van der Waals surface area contributed by atoms with Crippen LogP contribution in [0, 0.1) is 5.92 Å². The zero-order chi connectivity index (χ0) is 26.4. The van der Waals surface area contributed by atoms with Gasteiger partial charge in [0.05, 0.1) is 0 Å². The van der Waals surface area contributed by atoms with E-state index < -0.39 is 29.3 Å². The molecule has 0 aliphatic heterocycles. The van der Waals surface area contributed by atoms with Gasteiger partial charge in [0.1, 0.15) is 0 Å². The quantitative estimate of drug-likeness (QED) is 0.255. The molecule has 40 heavy (non-hydrogen) atoms. The van der Waals surface area contributed by atoms with E-state index in [-0.39, 0.29) is 24.8 Å². The predicted molar refractivity (Wildman–Crippen MR) is 164 cm³/mol. The van der Waals surface area contributed by atoms with Crippen molar-refractivity contribution in [3.63, 3.8) is 0 Å². The summed E-state index contributed by atoms with van der Waals surface area (Å²) >= 11 is -2.69. The van der Waals surface area contributed by atoms with Crippen molar-refractivity contribution in [3.05, 3.63) is 146 Å². The molecule has 4 aromatic carbocycles. The van der Waals surface area contributed by atoms with Crippen LogP contribution in [-0.4, -0.2) is 11.3 Å². The standard InChI is InChI=1S/C13H9.C13H10.C10H17Si.2ClH.Zr/c1-3-7-12-10(5-1)9-11-6-2-4-8-13(11)12;1-3-7-12(8-4-1)11-13-9-5-2-6-10-13;1-8-6-9(2)10(7-8)11(3,4)5;;;/h1-5,7-8H,9H2;1-10H;7-8H,1-5H3;2*1H;/q;;;;;+2/p-2. The molecule has 0 nitrogen and oxygen atoms in total. The summed E-state index contributed by atoms with van der Waals surface area (Å²) in [7, 11) is -1.46. The first-order chi connectivity index (χ1) is 18.3. The predicted octanol–water partition coefficient (Wildman–Crippen LogP) is 2.51. The van der Waals surface area contributed by atoms with Crippen LogP contribution >= 0.6 is 0 Å². The van der Waals surface area contributed by atoms with Gasteiger partial charge in [0.25, 0.3) is 0 Å². The molecule has 6 rings (SSSR count). The fourth-order valence-electron chi connectivity index (χ4n) is 6.64. The summed E-state index contributed by atoms with van der Waals surface area (Å²) in [4.78, 5) is 0. The Hall–Kier alpha value is -2.09. The van der Waals surface area contributed by atoms with Crippen molar-refractivity contribution in [2.75, 3.05) is 0 Å². The van der Waals surface area contributed by atoms with Crippen molar-refractivity contribution in [2.24, 2.45) is 5.92 Å². The molecule has 4 aromatic rings. The van der Waals surface area contributed by atoms with E-state index in [0.29, 0.717) is 5.92 Å². The van der Waals surface area contributed by atoms with Crippen LogP contribution in [0.3, 0.4) is 0 Å². The number of benzene rings is 4.